The summed E-state index contributed by atoms with van der Waals surface area (Å²) in [5.41, 5.74) is 0.773. The van der Waals surface area contributed by atoms with Gasteiger partial charge in [0.1, 0.15) is 23.2 Å². The highest BCUT2D eigenvalue weighted by atomic mass is 32.2. The average Bonchev–Trinajstić information content (AvgIpc) is 2.71. The molecule has 0 radical (unpaired) electrons. The Hall–Kier alpha value is -2.39. The van der Waals surface area contributed by atoms with Crippen molar-refractivity contribution in [3.63, 3.8) is 0 Å². The van der Waals surface area contributed by atoms with Crippen molar-refractivity contribution in [1.82, 2.24) is 14.7 Å². The molecule has 1 aliphatic heterocycles. The van der Waals surface area contributed by atoms with E-state index in [1.807, 2.05) is 19.9 Å². The van der Waals surface area contributed by atoms with E-state index >= 15 is 0 Å². The number of aromatic nitrogens is 2. The van der Waals surface area contributed by atoms with Gasteiger partial charge in [-0.15, -0.1) is 0 Å². The van der Waals surface area contributed by atoms with Crippen LogP contribution in [-0.2, 0) is 10.0 Å². The van der Waals surface area contributed by atoms with Gasteiger partial charge in [-0.05, 0) is 56.9 Å². The van der Waals surface area contributed by atoms with Crippen molar-refractivity contribution in [2.45, 2.75) is 38.0 Å². The third kappa shape index (κ3) is 5.57. The summed E-state index contributed by atoms with van der Waals surface area (Å²) in [6.45, 7) is 6.37. The van der Waals surface area contributed by atoms with E-state index in [9.17, 15) is 8.42 Å². The maximum atomic E-state index is 12.5. The number of sulfonamides is 1. The van der Waals surface area contributed by atoms with Crippen molar-refractivity contribution in [2.24, 2.45) is 0 Å². The molecule has 2 N–H and O–H groups in total. The number of anilines is 2. The lowest BCUT2D eigenvalue weighted by molar-refractivity contribution is 0.411. The van der Waals surface area contributed by atoms with Gasteiger partial charge in [0, 0.05) is 32.2 Å². The summed E-state index contributed by atoms with van der Waals surface area (Å²) in [4.78, 5) is 11.5. The van der Waals surface area contributed by atoms with Crippen LogP contribution in [-0.4, -0.2) is 51.7 Å². The largest absolute Gasteiger partial charge is 0.496 e. The van der Waals surface area contributed by atoms with Crippen LogP contribution in [0, 0.1) is 13.8 Å². The summed E-state index contributed by atoms with van der Waals surface area (Å²) < 4.78 is 32.8. The standard InChI is InChI=1S/C20H29N5O3S/c1-15-13-17(7-8-18(15)28-3)29(26,27)22-10-9-21-19-14-20(24-16(2)23-19)25-11-5-4-6-12-25/h7-8,13-14,22H,4-6,9-12H2,1-3H3,(H,21,23,24). The van der Waals surface area contributed by atoms with Gasteiger partial charge < -0.3 is 15.0 Å². The fourth-order valence-corrected chi connectivity index (χ4v) is 4.52. The number of nitrogens with one attached hydrogen (secondary N) is 2. The first kappa shape index (κ1) is 21.3. The molecule has 1 aromatic heterocycles. The molecule has 8 nitrogen and oxygen atoms in total. The number of methoxy groups -OCH3 is 1. The molecule has 9 heteroatoms. The fraction of sp³-hybridized carbons (Fsp3) is 0.500. The van der Waals surface area contributed by atoms with Crippen LogP contribution in [0.3, 0.4) is 0 Å². The number of nitrogens with zero attached hydrogens (tertiary/aromatic N) is 3. The van der Waals surface area contributed by atoms with E-state index in [-0.39, 0.29) is 11.4 Å². The van der Waals surface area contributed by atoms with Crippen molar-refractivity contribution in [3.05, 3.63) is 35.7 Å². The van der Waals surface area contributed by atoms with Crippen LogP contribution in [0.2, 0.25) is 0 Å². The van der Waals surface area contributed by atoms with Crippen molar-refractivity contribution in [3.8, 4) is 5.75 Å². The van der Waals surface area contributed by atoms with Gasteiger partial charge >= 0.3 is 0 Å². The Kier molecular flexibility index (Phi) is 6.92. The summed E-state index contributed by atoms with van der Waals surface area (Å²) in [6.07, 6.45) is 3.62. The molecule has 1 saturated heterocycles. The van der Waals surface area contributed by atoms with Crippen LogP contribution >= 0.6 is 0 Å². The molecule has 0 bridgehead atoms. The number of piperidine rings is 1. The molecule has 1 fully saturated rings. The van der Waals surface area contributed by atoms with Crippen LogP contribution in [0.4, 0.5) is 11.6 Å². The van der Waals surface area contributed by atoms with E-state index < -0.39 is 10.0 Å². The molecule has 0 spiro atoms. The van der Waals surface area contributed by atoms with E-state index in [4.69, 9.17) is 4.74 Å². The minimum absolute atomic E-state index is 0.223. The highest BCUT2D eigenvalue weighted by Crippen LogP contribution is 2.22. The highest BCUT2D eigenvalue weighted by molar-refractivity contribution is 7.89. The Morgan fingerprint density at radius 1 is 1.07 bits per heavy atom. The number of ether oxygens (including phenoxy) is 1. The van der Waals surface area contributed by atoms with Crippen molar-refractivity contribution in [2.75, 3.05) is 43.5 Å². The number of hydrogen-bond donors (Lipinski definition) is 2. The van der Waals surface area contributed by atoms with Crippen LogP contribution in [0.25, 0.3) is 0 Å². The maximum absolute atomic E-state index is 12.5. The molecule has 0 amide bonds. The number of aryl methyl sites for hydroxylation is 2. The predicted octanol–water partition coefficient (Wildman–Crippen LogP) is 2.48. The summed E-state index contributed by atoms with van der Waals surface area (Å²) >= 11 is 0. The van der Waals surface area contributed by atoms with Gasteiger partial charge in [0.25, 0.3) is 0 Å². The lowest BCUT2D eigenvalue weighted by atomic mass is 10.1. The summed E-state index contributed by atoms with van der Waals surface area (Å²) in [6, 6.07) is 6.74. The van der Waals surface area contributed by atoms with E-state index in [1.54, 1.807) is 25.3 Å². The third-order valence-electron chi connectivity index (χ3n) is 4.90. The second-order valence-corrected chi connectivity index (χ2v) is 8.93. The van der Waals surface area contributed by atoms with Crippen LogP contribution in [0.5, 0.6) is 5.75 Å². The van der Waals surface area contributed by atoms with Crippen molar-refractivity contribution < 1.29 is 13.2 Å². The molecule has 0 saturated carbocycles. The monoisotopic (exact) mass is 419 g/mol. The smallest absolute Gasteiger partial charge is 0.240 e. The molecular weight excluding hydrogens is 390 g/mol. The van der Waals surface area contributed by atoms with Gasteiger partial charge in [-0.2, -0.15) is 0 Å². The zero-order valence-electron chi connectivity index (χ0n) is 17.2. The normalized spacial score (nSPS) is 14.7. The molecule has 0 unspecified atom stereocenters. The number of rotatable bonds is 8. The van der Waals surface area contributed by atoms with Crippen molar-refractivity contribution in [1.29, 1.82) is 0 Å². The molecule has 3 rings (SSSR count). The number of hydrogen-bond acceptors (Lipinski definition) is 7. The zero-order chi connectivity index (χ0) is 20.9. The first-order valence-electron chi connectivity index (χ1n) is 9.88. The van der Waals surface area contributed by atoms with Crippen molar-refractivity contribution >= 4 is 21.7 Å². The Morgan fingerprint density at radius 2 is 1.83 bits per heavy atom. The van der Waals surface area contributed by atoms with Gasteiger partial charge in [0.15, 0.2) is 0 Å². The molecule has 158 valence electrons. The second-order valence-electron chi connectivity index (χ2n) is 7.16. The van der Waals surface area contributed by atoms with E-state index in [0.29, 0.717) is 23.9 Å². The Labute approximate surface area is 172 Å². The predicted molar refractivity (Wildman–Crippen MR) is 114 cm³/mol. The topological polar surface area (TPSA) is 96.5 Å². The molecule has 0 aliphatic carbocycles. The number of benzene rings is 1. The second kappa shape index (κ2) is 9.41. The first-order valence-corrected chi connectivity index (χ1v) is 11.4. The quantitative estimate of drug-likeness (QED) is 0.635. The average molecular weight is 420 g/mol. The lowest BCUT2D eigenvalue weighted by Crippen LogP contribution is -2.31. The zero-order valence-corrected chi connectivity index (χ0v) is 18.1. The van der Waals surface area contributed by atoms with Gasteiger partial charge in [0.05, 0.1) is 12.0 Å². The Bertz CT molecular complexity index is 943. The Balaban J connectivity index is 1.57. The summed E-state index contributed by atoms with van der Waals surface area (Å²) in [5.74, 6) is 2.99. The summed E-state index contributed by atoms with van der Waals surface area (Å²) in [7, 11) is -2.02. The van der Waals surface area contributed by atoms with Gasteiger partial charge in [-0.3, -0.25) is 0 Å². The SMILES string of the molecule is COc1ccc(S(=O)(=O)NCCNc2cc(N3CCCCC3)nc(C)n2)cc1C. The van der Waals surface area contributed by atoms with Gasteiger partial charge in [-0.1, -0.05) is 0 Å². The first-order chi connectivity index (χ1) is 13.9. The minimum Gasteiger partial charge on any atom is -0.496 e. The summed E-state index contributed by atoms with van der Waals surface area (Å²) in [5, 5.41) is 3.19. The van der Waals surface area contributed by atoms with E-state index in [0.717, 1.165) is 24.5 Å². The van der Waals surface area contributed by atoms with Gasteiger partial charge in [-0.25, -0.2) is 23.1 Å². The van der Waals surface area contributed by atoms with E-state index in [2.05, 4.69) is 24.9 Å². The molecule has 2 heterocycles. The van der Waals surface area contributed by atoms with E-state index in [1.165, 1.54) is 19.3 Å². The maximum Gasteiger partial charge on any atom is 0.240 e. The lowest BCUT2D eigenvalue weighted by Gasteiger charge is -2.28. The molecular formula is C20H29N5O3S. The van der Waals surface area contributed by atoms with Crippen LogP contribution in [0.1, 0.15) is 30.7 Å². The molecule has 1 aliphatic rings. The Morgan fingerprint density at radius 3 is 2.52 bits per heavy atom. The fourth-order valence-electron chi connectivity index (χ4n) is 3.40. The van der Waals surface area contributed by atoms with Gasteiger partial charge in [0.2, 0.25) is 10.0 Å². The molecule has 2 aromatic rings. The molecule has 0 atom stereocenters. The molecule has 1 aromatic carbocycles. The third-order valence-corrected chi connectivity index (χ3v) is 6.36. The van der Waals surface area contributed by atoms with Crippen LogP contribution in [0.15, 0.2) is 29.2 Å². The minimum atomic E-state index is -3.58. The van der Waals surface area contributed by atoms with Crippen LogP contribution < -0.4 is 19.7 Å². The molecule has 29 heavy (non-hydrogen) atoms. The highest BCUT2D eigenvalue weighted by Gasteiger charge is 2.16.